The zero-order chi connectivity index (χ0) is 26.5. The fraction of sp³-hybridized carbons (Fsp3) is 0.321. The van der Waals surface area contributed by atoms with Crippen molar-refractivity contribution in [3.63, 3.8) is 0 Å². The number of hydrogen-bond donors (Lipinski definition) is 2. The molecular formula is C28H31N5O4Si. The zero-order valence-corrected chi connectivity index (χ0v) is 22.6. The molecule has 3 heterocycles. The number of imidazole rings is 1. The number of aromatic nitrogens is 4. The van der Waals surface area contributed by atoms with E-state index in [1.54, 1.807) is 6.33 Å². The fourth-order valence-electron chi connectivity index (χ4n) is 5.83. The van der Waals surface area contributed by atoms with Crippen LogP contribution in [0.3, 0.4) is 0 Å². The fourth-order valence-corrected chi connectivity index (χ4v) is 9.93. The smallest absolute Gasteiger partial charge is 0.305 e. The molecule has 38 heavy (non-hydrogen) atoms. The molecule has 6 rings (SSSR count). The maximum absolute atomic E-state index is 11.1. The van der Waals surface area contributed by atoms with Gasteiger partial charge in [-0.2, -0.15) is 0 Å². The maximum Gasteiger partial charge on any atom is 0.305 e. The molecule has 3 N–H and O–H groups in total. The lowest BCUT2D eigenvalue weighted by molar-refractivity contribution is -0.327. The van der Waals surface area contributed by atoms with Crippen LogP contribution in [0.15, 0.2) is 85.5 Å². The molecule has 1 unspecified atom stereocenters. The molecule has 4 atom stereocenters. The minimum atomic E-state index is -3.03. The van der Waals surface area contributed by atoms with Gasteiger partial charge in [0.2, 0.25) is 0 Å². The van der Waals surface area contributed by atoms with E-state index in [1.165, 1.54) is 6.33 Å². The standard InChI is InChI=1S/C28H31N5O4Si/c1-27(2,3)38(19-10-6-4-7-11-19,20-12-8-5-9-13-20)37-36-28-15-14-22(21(28)16-35-26(28)34)33-18-32-23-24(29)30-17-31-25(23)33/h4-15,17-18,21-22,26,34H,16H2,1-3H3,(H2,29,30,31)/t21-,22+,26?,28-/m0/s1. The van der Waals surface area contributed by atoms with Crippen LogP contribution in [0.4, 0.5) is 5.82 Å². The third-order valence-electron chi connectivity index (χ3n) is 7.80. The highest BCUT2D eigenvalue weighted by atomic mass is 28.4. The summed E-state index contributed by atoms with van der Waals surface area (Å²) in [5.74, 6) is 0.0280. The monoisotopic (exact) mass is 529 g/mol. The van der Waals surface area contributed by atoms with E-state index in [2.05, 4.69) is 60.0 Å². The molecular weight excluding hydrogens is 498 g/mol. The lowest BCUT2D eigenvalue weighted by Gasteiger charge is -2.43. The number of benzene rings is 2. The van der Waals surface area contributed by atoms with Crippen molar-refractivity contribution >= 4 is 35.7 Å². The Morgan fingerprint density at radius 2 is 1.68 bits per heavy atom. The SMILES string of the molecule is CC(C)(C)[Si](OO[C@@]12C=C[C@@H](n3cnc4c(N)ncnc43)[C@@H]1COC2O)(c1ccccc1)c1ccccc1. The van der Waals surface area contributed by atoms with Crippen LogP contribution in [0.1, 0.15) is 26.8 Å². The third kappa shape index (κ3) is 3.63. The number of rotatable bonds is 6. The van der Waals surface area contributed by atoms with Gasteiger partial charge < -0.3 is 20.1 Å². The summed E-state index contributed by atoms with van der Waals surface area (Å²) in [5.41, 5.74) is 5.94. The Kier molecular flexibility index (Phi) is 5.97. The first-order valence-electron chi connectivity index (χ1n) is 12.7. The second kappa shape index (κ2) is 9.11. The molecule has 0 radical (unpaired) electrons. The number of aliphatic hydroxyl groups is 1. The van der Waals surface area contributed by atoms with Crippen LogP contribution in [0.5, 0.6) is 0 Å². The summed E-state index contributed by atoms with van der Waals surface area (Å²) in [4.78, 5) is 19.4. The second-order valence-electron chi connectivity index (χ2n) is 10.9. The van der Waals surface area contributed by atoms with Gasteiger partial charge in [0.05, 0.1) is 19.0 Å². The van der Waals surface area contributed by atoms with Gasteiger partial charge in [-0.15, -0.1) is 0 Å². The predicted octanol–water partition coefficient (Wildman–Crippen LogP) is 2.73. The summed E-state index contributed by atoms with van der Waals surface area (Å²) in [6.07, 6.45) is 5.75. The highest BCUT2D eigenvalue weighted by Gasteiger charge is 2.61. The molecule has 1 fully saturated rings. The molecule has 0 bridgehead atoms. The number of nitrogens with two attached hydrogens (primary N) is 1. The molecule has 0 spiro atoms. The van der Waals surface area contributed by atoms with Crippen LogP contribution < -0.4 is 16.1 Å². The van der Waals surface area contributed by atoms with E-state index in [4.69, 9.17) is 19.9 Å². The van der Waals surface area contributed by atoms with Gasteiger partial charge in [-0.25, -0.2) is 19.8 Å². The van der Waals surface area contributed by atoms with E-state index >= 15 is 0 Å². The van der Waals surface area contributed by atoms with E-state index < -0.39 is 20.2 Å². The van der Waals surface area contributed by atoms with Crippen molar-refractivity contribution < 1.29 is 19.3 Å². The van der Waals surface area contributed by atoms with Crippen molar-refractivity contribution in [3.8, 4) is 0 Å². The first-order valence-corrected chi connectivity index (χ1v) is 14.6. The summed E-state index contributed by atoms with van der Waals surface area (Å²) in [7, 11) is -3.03. The van der Waals surface area contributed by atoms with E-state index in [0.717, 1.165) is 10.4 Å². The summed E-state index contributed by atoms with van der Waals surface area (Å²) in [6, 6.07) is 20.2. The van der Waals surface area contributed by atoms with Gasteiger partial charge in [-0.05, 0) is 21.5 Å². The Bertz CT molecular complexity index is 1430. The minimum Gasteiger partial charge on any atom is -0.382 e. The number of nitrogens with zero attached hydrogens (tertiary/aromatic N) is 4. The Morgan fingerprint density at radius 3 is 2.32 bits per heavy atom. The van der Waals surface area contributed by atoms with Crippen molar-refractivity contribution in [2.24, 2.45) is 5.92 Å². The lowest BCUT2D eigenvalue weighted by Crippen LogP contribution is -2.67. The summed E-state index contributed by atoms with van der Waals surface area (Å²) >= 11 is 0. The molecule has 9 nitrogen and oxygen atoms in total. The van der Waals surface area contributed by atoms with Crippen molar-refractivity contribution in [1.82, 2.24) is 19.5 Å². The van der Waals surface area contributed by atoms with Gasteiger partial charge in [0, 0.05) is 5.92 Å². The van der Waals surface area contributed by atoms with Crippen molar-refractivity contribution in [3.05, 3.63) is 85.5 Å². The van der Waals surface area contributed by atoms with Crippen molar-refractivity contribution in [1.29, 1.82) is 0 Å². The Labute approximate surface area is 222 Å². The average molecular weight is 530 g/mol. The number of nitrogen functional groups attached to an aromatic ring is 1. The quantitative estimate of drug-likeness (QED) is 0.169. The van der Waals surface area contributed by atoms with Gasteiger partial charge >= 0.3 is 8.32 Å². The highest BCUT2D eigenvalue weighted by Crippen LogP contribution is 2.49. The Hall–Kier alpha value is -3.41. The number of fused-ring (bicyclic) bond motifs is 2. The lowest BCUT2D eigenvalue weighted by atomic mass is 9.90. The normalized spacial score (nSPS) is 25.2. The zero-order valence-electron chi connectivity index (χ0n) is 21.6. The van der Waals surface area contributed by atoms with Gasteiger partial charge in [-0.3, -0.25) is 4.58 Å². The van der Waals surface area contributed by atoms with Gasteiger partial charge in [0.15, 0.2) is 23.4 Å². The Morgan fingerprint density at radius 1 is 1.03 bits per heavy atom. The topological polar surface area (TPSA) is 118 Å². The van der Waals surface area contributed by atoms with Crippen LogP contribution in [0, 0.1) is 5.92 Å². The molecule has 2 aliphatic rings. The maximum atomic E-state index is 11.1. The van der Waals surface area contributed by atoms with Crippen LogP contribution in [0.2, 0.25) is 5.04 Å². The highest BCUT2D eigenvalue weighted by molar-refractivity contribution is 6.99. The van der Waals surface area contributed by atoms with Crippen molar-refractivity contribution in [2.45, 2.75) is 43.7 Å². The number of hydrogen-bond acceptors (Lipinski definition) is 8. The Balaban J connectivity index is 1.41. The average Bonchev–Trinajstić information content (AvgIpc) is 3.59. The number of allylic oxidation sites excluding steroid dienone is 1. The number of aliphatic hydroxyl groups excluding tert-OH is 1. The largest absolute Gasteiger partial charge is 0.382 e. The minimum absolute atomic E-state index is 0.241. The molecule has 1 aliphatic heterocycles. The van der Waals surface area contributed by atoms with Gasteiger partial charge in [-0.1, -0.05) is 87.5 Å². The van der Waals surface area contributed by atoms with Crippen LogP contribution in [0.25, 0.3) is 11.2 Å². The van der Waals surface area contributed by atoms with E-state index in [9.17, 15) is 5.11 Å². The summed E-state index contributed by atoms with van der Waals surface area (Å²) in [5, 5.41) is 13.0. The molecule has 0 amide bonds. The van der Waals surface area contributed by atoms with Crippen molar-refractivity contribution in [2.75, 3.05) is 12.3 Å². The predicted molar refractivity (Wildman–Crippen MR) is 146 cm³/mol. The van der Waals surface area contributed by atoms with Crippen LogP contribution in [-0.4, -0.2) is 51.4 Å². The van der Waals surface area contributed by atoms with Crippen LogP contribution in [-0.2, 0) is 14.2 Å². The van der Waals surface area contributed by atoms with Crippen LogP contribution >= 0.6 is 0 Å². The molecule has 4 aromatic rings. The van der Waals surface area contributed by atoms with Gasteiger partial charge in [0.25, 0.3) is 0 Å². The first-order chi connectivity index (χ1) is 18.3. The number of ether oxygens (including phenoxy) is 1. The summed E-state index contributed by atoms with van der Waals surface area (Å²) in [6.45, 7) is 6.79. The molecule has 2 aromatic carbocycles. The van der Waals surface area contributed by atoms with E-state index in [1.807, 2.05) is 53.1 Å². The summed E-state index contributed by atoms with van der Waals surface area (Å²) < 4.78 is 14.5. The third-order valence-corrected chi connectivity index (χ3v) is 12.5. The molecule has 1 saturated heterocycles. The second-order valence-corrected chi connectivity index (χ2v) is 15.1. The first kappa shape index (κ1) is 24.9. The molecule has 196 valence electrons. The molecule has 0 saturated carbocycles. The molecule has 10 heteroatoms. The van der Waals surface area contributed by atoms with E-state index in [-0.39, 0.29) is 23.6 Å². The molecule has 1 aliphatic carbocycles. The number of anilines is 1. The van der Waals surface area contributed by atoms with Gasteiger partial charge in [0.1, 0.15) is 11.8 Å². The molecule has 2 aromatic heterocycles. The van der Waals surface area contributed by atoms with E-state index in [0.29, 0.717) is 17.0 Å².